The molecular formula is C12H24O. The summed E-state index contributed by atoms with van der Waals surface area (Å²) in [6.07, 6.45) is 6.82. The molecule has 0 aromatic carbocycles. The van der Waals surface area contributed by atoms with E-state index in [9.17, 15) is 5.11 Å². The summed E-state index contributed by atoms with van der Waals surface area (Å²) in [5.41, 5.74) is 0.275. The van der Waals surface area contributed by atoms with Crippen molar-refractivity contribution in [2.75, 3.05) is 6.61 Å². The standard InChI is InChI=1S/C12H24O/c1-12(2,3)11(9-13)10-7-5-4-6-8-10/h10-11,13H,4-9H2,1-3H3. The quantitative estimate of drug-likeness (QED) is 0.698. The van der Waals surface area contributed by atoms with Crippen LogP contribution in [0.2, 0.25) is 0 Å². The summed E-state index contributed by atoms with van der Waals surface area (Å²) in [6, 6.07) is 0. The Labute approximate surface area is 82.5 Å². The van der Waals surface area contributed by atoms with E-state index in [0.717, 1.165) is 5.92 Å². The van der Waals surface area contributed by atoms with Crippen molar-refractivity contribution in [3.8, 4) is 0 Å². The van der Waals surface area contributed by atoms with Crippen LogP contribution in [0.1, 0.15) is 52.9 Å². The van der Waals surface area contributed by atoms with Crippen molar-refractivity contribution < 1.29 is 5.11 Å². The van der Waals surface area contributed by atoms with Crippen LogP contribution < -0.4 is 0 Å². The number of aliphatic hydroxyl groups excluding tert-OH is 1. The highest BCUT2D eigenvalue weighted by Crippen LogP contribution is 2.39. The Morgan fingerprint density at radius 2 is 1.69 bits per heavy atom. The Kier molecular flexibility index (Phi) is 3.78. The fraction of sp³-hybridized carbons (Fsp3) is 1.00. The topological polar surface area (TPSA) is 20.2 Å². The van der Waals surface area contributed by atoms with Crippen molar-refractivity contribution in [2.45, 2.75) is 52.9 Å². The van der Waals surface area contributed by atoms with Gasteiger partial charge in [0.25, 0.3) is 0 Å². The lowest BCUT2D eigenvalue weighted by molar-refractivity contribution is 0.0603. The average Bonchev–Trinajstić information content (AvgIpc) is 2.05. The van der Waals surface area contributed by atoms with Gasteiger partial charge in [-0.25, -0.2) is 0 Å². The predicted molar refractivity (Wildman–Crippen MR) is 56.6 cm³/mol. The van der Waals surface area contributed by atoms with Gasteiger partial charge < -0.3 is 5.11 Å². The summed E-state index contributed by atoms with van der Waals surface area (Å²) in [6.45, 7) is 7.13. The van der Waals surface area contributed by atoms with Gasteiger partial charge in [-0.3, -0.25) is 0 Å². The zero-order valence-electron chi connectivity index (χ0n) is 9.34. The molecule has 1 aliphatic carbocycles. The molecule has 1 saturated carbocycles. The van der Waals surface area contributed by atoms with Gasteiger partial charge in [-0.05, 0) is 17.3 Å². The smallest absolute Gasteiger partial charge is 0.0466 e. The highest BCUT2D eigenvalue weighted by molar-refractivity contribution is 4.81. The Morgan fingerprint density at radius 3 is 2.08 bits per heavy atom. The largest absolute Gasteiger partial charge is 0.396 e. The predicted octanol–water partition coefficient (Wildman–Crippen LogP) is 3.22. The van der Waals surface area contributed by atoms with E-state index in [1.54, 1.807) is 0 Å². The highest BCUT2D eigenvalue weighted by atomic mass is 16.3. The maximum atomic E-state index is 9.41. The third-order valence-corrected chi connectivity index (χ3v) is 3.53. The van der Waals surface area contributed by atoms with Crippen LogP contribution in [0, 0.1) is 17.3 Å². The zero-order valence-corrected chi connectivity index (χ0v) is 9.34. The maximum absolute atomic E-state index is 9.41. The van der Waals surface area contributed by atoms with Crippen LogP contribution in [0.25, 0.3) is 0 Å². The van der Waals surface area contributed by atoms with Gasteiger partial charge >= 0.3 is 0 Å². The molecule has 0 radical (unpaired) electrons. The molecule has 0 amide bonds. The minimum atomic E-state index is 0.275. The molecule has 0 aliphatic heterocycles. The molecule has 1 unspecified atom stereocenters. The van der Waals surface area contributed by atoms with Crippen LogP contribution >= 0.6 is 0 Å². The molecule has 1 nitrogen and oxygen atoms in total. The summed E-state index contributed by atoms with van der Waals surface area (Å²) in [5.74, 6) is 1.28. The minimum Gasteiger partial charge on any atom is -0.396 e. The fourth-order valence-electron chi connectivity index (χ4n) is 2.67. The molecule has 1 fully saturated rings. The maximum Gasteiger partial charge on any atom is 0.0466 e. The van der Waals surface area contributed by atoms with Gasteiger partial charge in [0.2, 0.25) is 0 Å². The normalized spacial score (nSPS) is 23.1. The second-order valence-electron chi connectivity index (χ2n) is 5.55. The summed E-state index contributed by atoms with van der Waals surface area (Å²) in [4.78, 5) is 0. The van der Waals surface area contributed by atoms with Crippen LogP contribution in [-0.4, -0.2) is 11.7 Å². The molecule has 0 aromatic rings. The average molecular weight is 184 g/mol. The van der Waals surface area contributed by atoms with Crippen LogP contribution in [-0.2, 0) is 0 Å². The molecule has 1 N–H and O–H groups in total. The summed E-state index contributed by atoms with van der Waals surface area (Å²) >= 11 is 0. The second-order valence-corrected chi connectivity index (χ2v) is 5.55. The lowest BCUT2D eigenvalue weighted by Gasteiger charge is -2.37. The highest BCUT2D eigenvalue weighted by Gasteiger charge is 2.32. The fourth-order valence-corrected chi connectivity index (χ4v) is 2.67. The Balaban J connectivity index is 2.54. The molecular weight excluding hydrogens is 160 g/mol. The molecule has 0 aromatic heterocycles. The molecule has 0 bridgehead atoms. The lowest BCUT2D eigenvalue weighted by atomic mass is 9.69. The van der Waals surface area contributed by atoms with Crippen molar-refractivity contribution in [3.63, 3.8) is 0 Å². The third kappa shape index (κ3) is 2.98. The monoisotopic (exact) mass is 184 g/mol. The van der Waals surface area contributed by atoms with E-state index in [0.29, 0.717) is 12.5 Å². The second kappa shape index (κ2) is 4.45. The van der Waals surface area contributed by atoms with Crippen molar-refractivity contribution in [1.82, 2.24) is 0 Å². The molecule has 1 rings (SSSR count). The van der Waals surface area contributed by atoms with E-state index in [1.165, 1.54) is 32.1 Å². The Hall–Kier alpha value is -0.0400. The first-order chi connectivity index (χ1) is 6.05. The first-order valence-electron chi connectivity index (χ1n) is 5.66. The summed E-state index contributed by atoms with van der Waals surface area (Å²) in [7, 11) is 0. The van der Waals surface area contributed by atoms with Gasteiger partial charge in [0.05, 0.1) is 0 Å². The third-order valence-electron chi connectivity index (χ3n) is 3.53. The molecule has 13 heavy (non-hydrogen) atoms. The van der Waals surface area contributed by atoms with E-state index < -0.39 is 0 Å². The number of hydrogen-bond donors (Lipinski definition) is 1. The molecule has 0 heterocycles. The van der Waals surface area contributed by atoms with Crippen LogP contribution in [0.3, 0.4) is 0 Å². The number of aliphatic hydroxyl groups is 1. The van der Waals surface area contributed by atoms with Gasteiger partial charge in [0, 0.05) is 6.61 Å². The van der Waals surface area contributed by atoms with Gasteiger partial charge in [0.1, 0.15) is 0 Å². The van der Waals surface area contributed by atoms with Crippen molar-refractivity contribution in [1.29, 1.82) is 0 Å². The first-order valence-corrected chi connectivity index (χ1v) is 5.66. The molecule has 1 aliphatic rings. The lowest BCUT2D eigenvalue weighted by Crippen LogP contribution is -2.32. The first kappa shape index (κ1) is 11.0. The van der Waals surface area contributed by atoms with Crippen LogP contribution in [0.5, 0.6) is 0 Å². The molecule has 0 spiro atoms. The molecule has 1 atom stereocenters. The minimum absolute atomic E-state index is 0.275. The zero-order chi connectivity index (χ0) is 9.90. The van der Waals surface area contributed by atoms with Crippen molar-refractivity contribution >= 4 is 0 Å². The van der Waals surface area contributed by atoms with Crippen LogP contribution in [0.15, 0.2) is 0 Å². The summed E-state index contributed by atoms with van der Waals surface area (Å²) < 4.78 is 0. The SMILES string of the molecule is CC(C)(C)C(CO)C1CCCCC1. The van der Waals surface area contributed by atoms with Crippen molar-refractivity contribution in [3.05, 3.63) is 0 Å². The molecule has 78 valence electrons. The van der Waals surface area contributed by atoms with E-state index in [2.05, 4.69) is 20.8 Å². The van der Waals surface area contributed by atoms with E-state index in [-0.39, 0.29) is 5.41 Å². The Bertz CT molecular complexity index is 140. The summed E-state index contributed by atoms with van der Waals surface area (Å²) in [5, 5.41) is 9.41. The van der Waals surface area contributed by atoms with Crippen molar-refractivity contribution in [2.24, 2.45) is 17.3 Å². The van der Waals surface area contributed by atoms with Gasteiger partial charge in [-0.2, -0.15) is 0 Å². The molecule has 1 heteroatoms. The number of rotatable bonds is 2. The van der Waals surface area contributed by atoms with Gasteiger partial charge in [-0.1, -0.05) is 52.9 Å². The van der Waals surface area contributed by atoms with E-state index in [4.69, 9.17) is 0 Å². The number of hydrogen-bond acceptors (Lipinski definition) is 1. The Morgan fingerprint density at radius 1 is 1.15 bits per heavy atom. The van der Waals surface area contributed by atoms with E-state index in [1.807, 2.05) is 0 Å². The van der Waals surface area contributed by atoms with E-state index >= 15 is 0 Å². The van der Waals surface area contributed by atoms with Crippen LogP contribution in [0.4, 0.5) is 0 Å². The molecule has 0 saturated heterocycles. The van der Waals surface area contributed by atoms with Gasteiger partial charge in [0.15, 0.2) is 0 Å². The van der Waals surface area contributed by atoms with Gasteiger partial charge in [-0.15, -0.1) is 0 Å².